The van der Waals surface area contributed by atoms with Crippen molar-refractivity contribution in [1.82, 2.24) is 19.8 Å². The first kappa shape index (κ1) is 11.4. The SMILES string of the molecule is C=C(C)c1nn2ccccc2c1-c1ccn[nH]c1=O. The van der Waals surface area contributed by atoms with Crippen LogP contribution in [0, 0.1) is 0 Å². The molecule has 0 bridgehead atoms. The first-order valence-electron chi connectivity index (χ1n) is 5.86. The van der Waals surface area contributed by atoms with Crippen molar-refractivity contribution < 1.29 is 0 Å². The number of H-pyrrole nitrogens is 1. The maximum Gasteiger partial charge on any atom is 0.272 e. The Hall–Kier alpha value is -2.69. The van der Waals surface area contributed by atoms with Gasteiger partial charge in [0.25, 0.3) is 5.56 Å². The fraction of sp³-hybridized carbons (Fsp3) is 0.0714. The van der Waals surface area contributed by atoms with Crippen LogP contribution >= 0.6 is 0 Å². The van der Waals surface area contributed by atoms with E-state index in [2.05, 4.69) is 21.9 Å². The Morgan fingerprint density at radius 2 is 2.21 bits per heavy atom. The average Bonchev–Trinajstić information content (AvgIpc) is 2.79. The zero-order valence-corrected chi connectivity index (χ0v) is 10.4. The van der Waals surface area contributed by atoms with Crippen LogP contribution in [0.3, 0.4) is 0 Å². The molecule has 0 fully saturated rings. The van der Waals surface area contributed by atoms with Crippen LogP contribution in [0.25, 0.3) is 22.2 Å². The quantitative estimate of drug-likeness (QED) is 0.759. The Kier molecular flexibility index (Phi) is 2.52. The highest BCUT2D eigenvalue weighted by atomic mass is 16.1. The lowest BCUT2D eigenvalue weighted by Crippen LogP contribution is -2.10. The number of pyridine rings is 1. The zero-order valence-electron chi connectivity index (χ0n) is 10.4. The molecule has 0 unspecified atom stereocenters. The van der Waals surface area contributed by atoms with Gasteiger partial charge in [0.05, 0.1) is 16.8 Å². The van der Waals surface area contributed by atoms with Crippen molar-refractivity contribution in [3.05, 3.63) is 59.3 Å². The molecule has 0 aliphatic carbocycles. The highest BCUT2D eigenvalue weighted by molar-refractivity contribution is 5.88. The maximum atomic E-state index is 12.0. The zero-order chi connectivity index (χ0) is 13.4. The lowest BCUT2D eigenvalue weighted by atomic mass is 10.0. The van der Waals surface area contributed by atoms with Crippen molar-refractivity contribution in [3.8, 4) is 11.1 Å². The molecule has 0 radical (unpaired) electrons. The van der Waals surface area contributed by atoms with Gasteiger partial charge in [0.1, 0.15) is 0 Å². The van der Waals surface area contributed by atoms with E-state index in [-0.39, 0.29) is 5.56 Å². The molecule has 0 aliphatic heterocycles. The van der Waals surface area contributed by atoms with Crippen LogP contribution in [-0.4, -0.2) is 19.8 Å². The summed E-state index contributed by atoms with van der Waals surface area (Å²) in [5.74, 6) is 0. The van der Waals surface area contributed by atoms with Crippen LogP contribution < -0.4 is 5.56 Å². The molecular formula is C14H12N4O. The summed E-state index contributed by atoms with van der Waals surface area (Å²) in [6.45, 7) is 5.81. The van der Waals surface area contributed by atoms with Gasteiger partial charge in [-0.3, -0.25) is 4.79 Å². The highest BCUT2D eigenvalue weighted by Crippen LogP contribution is 2.29. The van der Waals surface area contributed by atoms with Gasteiger partial charge in [-0.05, 0) is 30.7 Å². The lowest BCUT2D eigenvalue weighted by Gasteiger charge is -2.01. The molecule has 0 saturated heterocycles. The summed E-state index contributed by atoms with van der Waals surface area (Å²) in [5, 5.41) is 10.6. The van der Waals surface area contributed by atoms with E-state index in [1.54, 1.807) is 16.8 Å². The third kappa shape index (κ3) is 1.76. The third-order valence-corrected chi connectivity index (χ3v) is 2.94. The number of fused-ring (bicyclic) bond motifs is 1. The van der Waals surface area contributed by atoms with E-state index < -0.39 is 0 Å². The number of allylic oxidation sites excluding steroid dienone is 1. The van der Waals surface area contributed by atoms with Crippen LogP contribution in [0.2, 0.25) is 0 Å². The van der Waals surface area contributed by atoms with Gasteiger partial charge in [0, 0.05) is 18.0 Å². The molecule has 3 heterocycles. The number of rotatable bonds is 2. The van der Waals surface area contributed by atoms with Crippen molar-refractivity contribution >= 4 is 11.1 Å². The second kappa shape index (κ2) is 4.20. The summed E-state index contributed by atoms with van der Waals surface area (Å²) in [4.78, 5) is 12.0. The number of hydrogen-bond donors (Lipinski definition) is 1. The second-order valence-corrected chi connectivity index (χ2v) is 4.33. The topological polar surface area (TPSA) is 63.1 Å². The fourth-order valence-corrected chi connectivity index (χ4v) is 2.10. The molecule has 0 atom stereocenters. The minimum atomic E-state index is -0.233. The largest absolute Gasteiger partial charge is 0.272 e. The number of aromatic nitrogens is 4. The third-order valence-electron chi connectivity index (χ3n) is 2.94. The highest BCUT2D eigenvalue weighted by Gasteiger charge is 2.17. The molecule has 0 saturated carbocycles. The Balaban J connectivity index is 2.45. The molecule has 0 aromatic carbocycles. The Morgan fingerprint density at radius 3 is 2.95 bits per heavy atom. The first-order chi connectivity index (χ1) is 9.18. The van der Waals surface area contributed by atoms with Crippen molar-refractivity contribution in [2.24, 2.45) is 0 Å². The van der Waals surface area contributed by atoms with Gasteiger partial charge in [-0.15, -0.1) is 0 Å². The van der Waals surface area contributed by atoms with Crippen molar-refractivity contribution in [2.45, 2.75) is 6.92 Å². The van der Waals surface area contributed by atoms with Gasteiger partial charge in [0.15, 0.2) is 0 Å². The van der Waals surface area contributed by atoms with E-state index >= 15 is 0 Å². The van der Waals surface area contributed by atoms with Crippen molar-refractivity contribution in [2.75, 3.05) is 0 Å². The van der Waals surface area contributed by atoms with E-state index in [4.69, 9.17) is 0 Å². The molecule has 5 nitrogen and oxygen atoms in total. The van der Waals surface area contributed by atoms with Crippen LogP contribution in [0.4, 0.5) is 0 Å². The molecule has 0 spiro atoms. The van der Waals surface area contributed by atoms with E-state index in [0.717, 1.165) is 22.3 Å². The summed E-state index contributed by atoms with van der Waals surface area (Å²) < 4.78 is 1.75. The van der Waals surface area contributed by atoms with Gasteiger partial charge in [-0.1, -0.05) is 12.6 Å². The molecular weight excluding hydrogens is 240 g/mol. The van der Waals surface area contributed by atoms with Crippen LogP contribution in [0.15, 0.2) is 48.0 Å². The monoisotopic (exact) mass is 252 g/mol. The molecule has 5 heteroatoms. The van der Waals surface area contributed by atoms with Crippen LogP contribution in [-0.2, 0) is 0 Å². The summed E-state index contributed by atoms with van der Waals surface area (Å²) in [7, 11) is 0. The van der Waals surface area contributed by atoms with E-state index in [9.17, 15) is 4.79 Å². The summed E-state index contributed by atoms with van der Waals surface area (Å²) in [5.41, 5.74) is 3.52. The Labute approximate surface area is 109 Å². The number of aromatic amines is 1. The number of nitrogens with zero attached hydrogens (tertiary/aromatic N) is 3. The van der Waals surface area contributed by atoms with Crippen molar-refractivity contribution in [1.29, 1.82) is 0 Å². The molecule has 3 aromatic heterocycles. The Bertz CT molecular complexity index is 829. The van der Waals surface area contributed by atoms with Gasteiger partial charge >= 0.3 is 0 Å². The molecule has 94 valence electrons. The average molecular weight is 252 g/mol. The Morgan fingerprint density at radius 1 is 1.37 bits per heavy atom. The molecule has 19 heavy (non-hydrogen) atoms. The minimum absolute atomic E-state index is 0.233. The van der Waals surface area contributed by atoms with Gasteiger partial charge in [-0.2, -0.15) is 10.2 Å². The maximum absolute atomic E-state index is 12.0. The van der Waals surface area contributed by atoms with Crippen molar-refractivity contribution in [3.63, 3.8) is 0 Å². The van der Waals surface area contributed by atoms with E-state index in [1.807, 2.05) is 31.3 Å². The molecule has 1 N–H and O–H groups in total. The van der Waals surface area contributed by atoms with Gasteiger partial charge in [-0.25, -0.2) is 9.61 Å². The van der Waals surface area contributed by atoms with Gasteiger partial charge < -0.3 is 0 Å². The number of nitrogens with one attached hydrogen (secondary N) is 1. The molecule has 3 aromatic rings. The summed E-state index contributed by atoms with van der Waals surface area (Å²) in [6, 6.07) is 7.42. The molecule has 0 aliphatic rings. The van der Waals surface area contributed by atoms with E-state index in [0.29, 0.717) is 5.56 Å². The molecule has 3 rings (SSSR count). The smallest absolute Gasteiger partial charge is 0.267 e. The predicted octanol–water partition coefficient (Wildman–Crippen LogP) is 2.12. The second-order valence-electron chi connectivity index (χ2n) is 4.33. The first-order valence-corrected chi connectivity index (χ1v) is 5.86. The van der Waals surface area contributed by atoms with Crippen LogP contribution in [0.5, 0.6) is 0 Å². The fourth-order valence-electron chi connectivity index (χ4n) is 2.10. The standard InChI is InChI=1S/C14H12N4O/c1-9(2)13-12(10-6-7-15-16-14(10)19)11-5-3-4-8-18(11)17-13/h3-8H,1H2,2H3,(H,16,19). The minimum Gasteiger partial charge on any atom is -0.267 e. The predicted molar refractivity (Wildman–Crippen MR) is 73.8 cm³/mol. The lowest BCUT2D eigenvalue weighted by molar-refractivity contribution is 0.950. The van der Waals surface area contributed by atoms with Crippen LogP contribution in [0.1, 0.15) is 12.6 Å². The summed E-state index contributed by atoms with van der Waals surface area (Å²) in [6.07, 6.45) is 3.41. The summed E-state index contributed by atoms with van der Waals surface area (Å²) >= 11 is 0. The van der Waals surface area contributed by atoms with E-state index in [1.165, 1.54) is 0 Å². The number of hydrogen-bond acceptors (Lipinski definition) is 3. The normalized spacial score (nSPS) is 10.8. The molecule has 0 amide bonds. The van der Waals surface area contributed by atoms with Gasteiger partial charge in [0.2, 0.25) is 0 Å².